The molecular formula is C10H10N6O. The third-order valence-electron chi connectivity index (χ3n) is 1.99. The number of hydrazine groups is 1. The predicted octanol–water partition coefficient (Wildman–Crippen LogP) is -0.143. The number of nitrogens with zero attached hydrogens (tertiary/aromatic N) is 4. The summed E-state index contributed by atoms with van der Waals surface area (Å²) in [5.41, 5.74) is 2.51. The molecule has 0 fully saturated rings. The smallest absolute Gasteiger partial charge is 0.259 e. The Kier molecular flexibility index (Phi) is 4.43. The summed E-state index contributed by atoms with van der Waals surface area (Å²) in [5.74, 6) is 4.97. The monoisotopic (exact) mass is 230 g/mol. The van der Waals surface area contributed by atoms with E-state index in [9.17, 15) is 4.79 Å². The van der Waals surface area contributed by atoms with E-state index < -0.39 is 5.91 Å². The van der Waals surface area contributed by atoms with Crippen LogP contribution < -0.4 is 11.3 Å². The van der Waals surface area contributed by atoms with E-state index in [0.717, 1.165) is 4.90 Å². The molecule has 0 aromatic carbocycles. The second-order valence-corrected chi connectivity index (χ2v) is 3.02. The molecule has 1 aromatic rings. The van der Waals surface area contributed by atoms with Crippen LogP contribution in [-0.2, 0) is 0 Å². The fourth-order valence-corrected chi connectivity index (χ4v) is 1.23. The lowest BCUT2D eigenvalue weighted by molar-refractivity contribution is 0.0795. The summed E-state index contributed by atoms with van der Waals surface area (Å²) in [5, 5.41) is 17.2. The van der Waals surface area contributed by atoms with Crippen LogP contribution in [0.1, 0.15) is 10.4 Å². The van der Waals surface area contributed by atoms with E-state index in [-0.39, 0.29) is 24.5 Å². The van der Waals surface area contributed by atoms with Gasteiger partial charge in [-0.2, -0.15) is 10.5 Å². The third-order valence-corrected chi connectivity index (χ3v) is 1.99. The van der Waals surface area contributed by atoms with Crippen LogP contribution in [0.25, 0.3) is 0 Å². The van der Waals surface area contributed by atoms with E-state index in [1.54, 1.807) is 6.07 Å². The summed E-state index contributed by atoms with van der Waals surface area (Å²) < 4.78 is 0. The van der Waals surface area contributed by atoms with Gasteiger partial charge in [-0.05, 0) is 12.1 Å². The summed E-state index contributed by atoms with van der Waals surface area (Å²) in [6, 6.07) is 6.74. The maximum atomic E-state index is 12.0. The lowest BCUT2D eigenvalue weighted by Crippen LogP contribution is -2.32. The number of nitriles is 2. The van der Waals surface area contributed by atoms with Crippen molar-refractivity contribution in [2.45, 2.75) is 0 Å². The Labute approximate surface area is 98.0 Å². The average molecular weight is 230 g/mol. The molecule has 0 aliphatic rings. The van der Waals surface area contributed by atoms with Gasteiger partial charge in [0.15, 0.2) is 5.82 Å². The summed E-state index contributed by atoms with van der Waals surface area (Å²) >= 11 is 0. The molecule has 1 aromatic heterocycles. The van der Waals surface area contributed by atoms with Crippen molar-refractivity contribution in [1.82, 2.24) is 9.88 Å². The van der Waals surface area contributed by atoms with Gasteiger partial charge in [0.2, 0.25) is 0 Å². The first-order valence-corrected chi connectivity index (χ1v) is 4.69. The highest BCUT2D eigenvalue weighted by Crippen LogP contribution is 2.12. The van der Waals surface area contributed by atoms with Gasteiger partial charge in [-0.3, -0.25) is 4.79 Å². The zero-order valence-corrected chi connectivity index (χ0v) is 8.92. The number of nitrogens with one attached hydrogen (secondary N) is 1. The van der Waals surface area contributed by atoms with E-state index in [1.165, 1.54) is 12.3 Å². The predicted molar refractivity (Wildman–Crippen MR) is 59.2 cm³/mol. The molecule has 0 radical (unpaired) electrons. The number of nitrogens with two attached hydrogens (primary N) is 1. The number of nitrogen functional groups attached to an aromatic ring is 1. The summed E-state index contributed by atoms with van der Waals surface area (Å²) in [6.07, 6.45) is 1.48. The number of aromatic nitrogens is 1. The number of carbonyl (C=O) groups excluding carboxylic acids is 1. The highest BCUT2D eigenvalue weighted by Gasteiger charge is 2.18. The van der Waals surface area contributed by atoms with Crippen molar-refractivity contribution in [1.29, 1.82) is 10.5 Å². The fraction of sp³-hybridized carbons (Fsp3) is 0.200. The molecule has 1 heterocycles. The Hall–Kier alpha value is -2.64. The van der Waals surface area contributed by atoms with Crippen molar-refractivity contribution in [2.75, 3.05) is 18.5 Å². The normalized spacial score (nSPS) is 8.88. The molecule has 7 nitrogen and oxygen atoms in total. The molecule has 0 saturated heterocycles. The maximum Gasteiger partial charge on any atom is 0.259 e. The number of amides is 1. The molecular weight excluding hydrogens is 220 g/mol. The lowest BCUT2D eigenvalue weighted by atomic mass is 10.2. The van der Waals surface area contributed by atoms with Crippen LogP contribution in [0.15, 0.2) is 18.3 Å². The number of anilines is 1. The minimum atomic E-state index is -0.464. The number of pyridine rings is 1. The van der Waals surface area contributed by atoms with Gasteiger partial charge in [-0.25, -0.2) is 10.8 Å². The van der Waals surface area contributed by atoms with Crippen LogP contribution >= 0.6 is 0 Å². The molecule has 3 N–H and O–H groups in total. The second-order valence-electron chi connectivity index (χ2n) is 3.02. The highest BCUT2D eigenvalue weighted by molar-refractivity contribution is 5.98. The first-order chi connectivity index (χ1) is 8.24. The van der Waals surface area contributed by atoms with Crippen molar-refractivity contribution in [2.24, 2.45) is 5.84 Å². The van der Waals surface area contributed by atoms with Crippen LogP contribution in [-0.4, -0.2) is 28.9 Å². The van der Waals surface area contributed by atoms with E-state index in [0.29, 0.717) is 0 Å². The Morgan fingerprint density at radius 3 is 2.65 bits per heavy atom. The summed E-state index contributed by atoms with van der Waals surface area (Å²) in [4.78, 5) is 17.0. The molecule has 0 spiro atoms. The van der Waals surface area contributed by atoms with E-state index in [1.807, 2.05) is 12.1 Å². The molecule has 1 rings (SSSR count). The van der Waals surface area contributed by atoms with Crippen LogP contribution in [0.5, 0.6) is 0 Å². The molecule has 0 bridgehead atoms. The van der Waals surface area contributed by atoms with E-state index in [2.05, 4.69) is 10.4 Å². The van der Waals surface area contributed by atoms with Gasteiger partial charge < -0.3 is 10.3 Å². The zero-order valence-electron chi connectivity index (χ0n) is 8.92. The Balaban J connectivity index is 3.02. The molecule has 7 heteroatoms. The number of hydrogen-bond donors (Lipinski definition) is 2. The summed E-state index contributed by atoms with van der Waals surface area (Å²) in [7, 11) is 0. The standard InChI is InChI=1S/C10H10N6O/c11-3-6-16(7-4-12)10(17)8-2-1-5-14-9(8)15-13/h1-2,5H,6-7,13H2,(H,14,15). The average Bonchev–Trinajstić information content (AvgIpc) is 2.37. The van der Waals surface area contributed by atoms with Crippen LogP contribution in [0.3, 0.4) is 0 Å². The molecule has 0 atom stereocenters. The maximum absolute atomic E-state index is 12.0. The van der Waals surface area contributed by atoms with Crippen molar-refractivity contribution in [3.63, 3.8) is 0 Å². The number of hydrogen-bond acceptors (Lipinski definition) is 6. The van der Waals surface area contributed by atoms with Gasteiger partial charge in [0.1, 0.15) is 13.1 Å². The summed E-state index contributed by atoms with van der Waals surface area (Å²) in [6.45, 7) is -0.323. The largest absolute Gasteiger partial charge is 0.312 e. The van der Waals surface area contributed by atoms with Gasteiger partial charge in [0.25, 0.3) is 5.91 Å². The Morgan fingerprint density at radius 1 is 1.47 bits per heavy atom. The van der Waals surface area contributed by atoms with Gasteiger partial charge in [-0.15, -0.1) is 0 Å². The van der Waals surface area contributed by atoms with E-state index >= 15 is 0 Å². The molecule has 0 saturated carbocycles. The van der Waals surface area contributed by atoms with E-state index in [4.69, 9.17) is 16.4 Å². The first-order valence-electron chi connectivity index (χ1n) is 4.69. The molecule has 0 aliphatic carbocycles. The molecule has 1 amide bonds. The SMILES string of the molecule is N#CCN(CC#N)C(=O)c1cccnc1NN. The molecule has 0 unspecified atom stereocenters. The van der Waals surface area contributed by atoms with Crippen molar-refractivity contribution in [3.8, 4) is 12.1 Å². The lowest BCUT2D eigenvalue weighted by Gasteiger charge is -2.16. The van der Waals surface area contributed by atoms with Gasteiger partial charge in [-0.1, -0.05) is 0 Å². The highest BCUT2D eigenvalue weighted by atomic mass is 16.2. The number of carbonyl (C=O) groups is 1. The topological polar surface area (TPSA) is 119 Å². The van der Waals surface area contributed by atoms with Crippen molar-refractivity contribution in [3.05, 3.63) is 23.9 Å². The van der Waals surface area contributed by atoms with Crippen LogP contribution in [0, 0.1) is 22.7 Å². The second kappa shape index (κ2) is 6.05. The fourth-order valence-electron chi connectivity index (χ4n) is 1.23. The van der Waals surface area contributed by atoms with Crippen LogP contribution in [0.4, 0.5) is 5.82 Å². The van der Waals surface area contributed by atoms with Crippen LogP contribution in [0.2, 0.25) is 0 Å². The Morgan fingerprint density at radius 2 is 2.12 bits per heavy atom. The minimum absolute atomic E-state index is 0.161. The Bertz CT molecular complexity index is 470. The van der Waals surface area contributed by atoms with Gasteiger partial charge in [0, 0.05) is 6.20 Å². The molecule has 17 heavy (non-hydrogen) atoms. The van der Waals surface area contributed by atoms with Crippen molar-refractivity contribution >= 4 is 11.7 Å². The molecule has 0 aliphatic heterocycles. The zero-order chi connectivity index (χ0) is 12.7. The quantitative estimate of drug-likeness (QED) is 0.422. The van der Waals surface area contributed by atoms with Gasteiger partial charge >= 0.3 is 0 Å². The minimum Gasteiger partial charge on any atom is -0.312 e. The number of rotatable bonds is 4. The third kappa shape index (κ3) is 2.91. The van der Waals surface area contributed by atoms with Gasteiger partial charge in [0.05, 0.1) is 17.7 Å². The molecule has 86 valence electrons. The van der Waals surface area contributed by atoms with Crippen molar-refractivity contribution < 1.29 is 4.79 Å². The first kappa shape index (κ1) is 12.4.